The maximum Gasteiger partial charge on any atom is 0.327 e. The second-order valence-electron chi connectivity index (χ2n) is 10.3. The molecule has 3 aromatic rings. The highest BCUT2D eigenvalue weighted by Gasteiger charge is 2.48. The first-order valence-corrected chi connectivity index (χ1v) is 14.2. The molecule has 1 aliphatic rings. The molecule has 0 spiro atoms. The van der Waals surface area contributed by atoms with E-state index in [2.05, 4.69) is 10.1 Å². The van der Waals surface area contributed by atoms with Crippen molar-refractivity contribution in [1.82, 2.24) is 4.98 Å². The maximum atomic E-state index is 13.0. The lowest BCUT2D eigenvalue weighted by Crippen LogP contribution is -2.46. The molecule has 0 aliphatic carbocycles. The minimum Gasteiger partial charge on any atom is -0.460 e. The van der Waals surface area contributed by atoms with Crippen molar-refractivity contribution in [1.29, 1.82) is 0 Å². The molecule has 0 fully saturated rings. The number of pyridine rings is 1. The van der Waals surface area contributed by atoms with Crippen LogP contribution in [-0.2, 0) is 36.4 Å². The number of rotatable bonds is 9. The number of oxime groups is 1. The summed E-state index contributed by atoms with van der Waals surface area (Å²) in [6.07, 6.45) is 2.38. The van der Waals surface area contributed by atoms with Gasteiger partial charge < -0.3 is 14.7 Å². The van der Waals surface area contributed by atoms with Gasteiger partial charge in [0.25, 0.3) is 0 Å². The molecular weight excluding hydrogens is 504 g/mol. The molecule has 1 N–H and O–H groups in total. The van der Waals surface area contributed by atoms with Crippen LogP contribution in [0.5, 0.6) is 0 Å². The van der Waals surface area contributed by atoms with E-state index in [0.717, 1.165) is 28.5 Å². The van der Waals surface area contributed by atoms with Crippen molar-refractivity contribution in [3.05, 3.63) is 89.7 Å². The SMILES string of the molecule is CC(C)(O)c1cc(-c2ccc(C3=NO[C@@H](C[C@](C)(C(=O)OCc4ccccc4)S(C)(=O)=O)C3)cc2)ccn1. The van der Waals surface area contributed by atoms with E-state index in [1.807, 2.05) is 54.6 Å². The van der Waals surface area contributed by atoms with Crippen LogP contribution in [0.25, 0.3) is 11.1 Å². The Morgan fingerprint density at radius 2 is 1.68 bits per heavy atom. The molecule has 1 aromatic heterocycles. The smallest absolute Gasteiger partial charge is 0.327 e. The van der Waals surface area contributed by atoms with E-state index in [0.29, 0.717) is 17.8 Å². The molecule has 2 aromatic carbocycles. The van der Waals surface area contributed by atoms with Gasteiger partial charge in [-0.15, -0.1) is 0 Å². The van der Waals surface area contributed by atoms with Crippen molar-refractivity contribution in [3.63, 3.8) is 0 Å². The average molecular weight is 537 g/mol. The first-order chi connectivity index (χ1) is 17.9. The summed E-state index contributed by atoms with van der Waals surface area (Å²) < 4.78 is 29.0. The van der Waals surface area contributed by atoms with Gasteiger partial charge in [-0.1, -0.05) is 59.8 Å². The average Bonchev–Trinajstić information content (AvgIpc) is 3.35. The van der Waals surface area contributed by atoms with E-state index < -0.39 is 32.3 Å². The highest BCUT2D eigenvalue weighted by molar-refractivity contribution is 7.92. The van der Waals surface area contributed by atoms with Crippen LogP contribution in [0.4, 0.5) is 0 Å². The van der Waals surface area contributed by atoms with Gasteiger partial charge in [-0.25, -0.2) is 8.42 Å². The third kappa shape index (κ3) is 6.11. The Bertz CT molecular complexity index is 1430. The standard InChI is InChI=1S/C29H32N2O6S/c1-28(2,33)26-16-23(14-15-30-26)21-10-12-22(13-11-21)25-17-24(37-31-25)18-29(3,38(4,34)35)27(32)36-19-20-8-6-5-7-9-20/h5-16,24,33H,17-19H2,1-4H3/t24-,29-/m1/s1. The van der Waals surface area contributed by atoms with Crippen molar-refractivity contribution in [3.8, 4) is 11.1 Å². The Morgan fingerprint density at radius 3 is 2.32 bits per heavy atom. The normalized spacial score (nSPS) is 17.3. The van der Waals surface area contributed by atoms with Crippen molar-refractivity contribution >= 4 is 21.5 Å². The zero-order valence-electron chi connectivity index (χ0n) is 21.9. The van der Waals surface area contributed by atoms with E-state index in [1.165, 1.54) is 6.92 Å². The van der Waals surface area contributed by atoms with Crippen molar-refractivity contribution in [2.24, 2.45) is 5.16 Å². The highest BCUT2D eigenvalue weighted by atomic mass is 32.2. The molecule has 1 aliphatic heterocycles. The molecule has 0 amide bonds. The fourth-order valence-corrected chi connectivity index (χ4v) is 5.05. The molecular formula is C29H32N2O6S. The van der Waals surface area contributed by atoms with Gasteiger partial charge >= 0.3 is 5.97 Å². The predicted molar refractivity (Wildman–Crippen MR) is 145 cm³/mol. The first-order valence-electron chi connectivity index (χ1n) is 12.3. The Labute approximate surface area is 223 Å². The molecule has 0 saturated heterocycles. The van der Waals surface area contributed by atoms with Gasteiger partial charge in [0.05, 0.1) is 11.4 Å². The number of aromatic nitrogens is 1. The molecule has 2 atom stereocenters. The van der Waals surface area contributed by atoms with Crippen LogP contribution in [0, 0.1) is 0 Å². The van der Waals surface area contributed by atoms with Gasteiger partial charge in [-0.3, -0.25) is 9.78 Å². The quantitative estimate of drug-likeness (QED) is 0.403. The van der Waals surface area contributed by atoms with Crippen molar-refractivity contribution in [2.45, 2.75) is 56.7 Å². The molecule has 9 heteroatoms. The summed E-state index contributed by atoms with van der Waals surface area (Å²) in [6, 6.07) is 20.5. The molecule has 38 heavy (non-hydrogen) atoms. The zero-order valence-corrected chi connectivity index (χ0v) is 22.7. The zero-order chi connectivity index (χ0) is 27.6. The lowest BCUT2D eigenvalue weighted by molar-refractivity contribution is -0.148. The molecule has 4 rings (SSSR count). The fourth-order valence-electron chi connectivity index (χ4n) is 4.20. The Hall–Kier alpha value is -3.56. The second-order valence-corrected chi connectivity index (χ2v) is 12.7. The maximum absolute atomic E-state index is 13.0. The van der Waals surface area contributed by atoms with E-state index >= 15 is 0 Å². The minimum absolute atomic E-state index is 0.0147. The van der Waals surface area contributed by atoms with Gasteiger partial charge in [-0.05, 0) is 55.2 Å². The lowest BCUT2D eigenvalue weighted by atomic mass is 9.95. The first kappa shape index (κ1) is 27.5. The summed E-state index contributed by atoms with van der Waals surface area (Å²) >= 11 is 0. The number of sulfone groups is 1. The highest BCUT2D eigenvalue weighted by Crippen LogP contribution is 2.31. The summed E-state index contributed by atoms with van der Waals surface area (Å²) in [5.74, 6) is -0.812. The minimum atomic E-state index is -3.82. The van der Waals surface area contributed by atoms with E-state index in [4.69, 9.17) is 9.57 Å². The largest absolute Gasteiger partial charge is 0.460 e. The summed E-state index contributed by atoms with van der Waals surface area (Å²) in [5, 5.41) is 14.4. The van der Waals surface area contributed by atoms with Crippen LogP contribution in [-0.4, -0.2) is 47.3 Å². The number of benzene rings is 2. The number of nitrogens with zero attached hydrogens (tertiary/aromatic N) is 2. The number of carbonyl (C=O) groups excluding carboxylic acids is 1. The van der Waals surface area contributed by atoms with Crippen LogP contribution >= 0.6 is 0 Å². The van der Waals surface area contributed by atoms with Crippen molar-refractivity contribution < 1.29 is 27.9 Å². The molecule has 0 bridgehead atoms. The van der Waals surface area contributed by atoms with Gasteiger partial charge in [0.15, 0.2) is 14.6 Å². The summed E-state index contributed by atoms with van der Waals surface area (Å²) in [4.78, 5) is 22.8. The summed E-state index contributed by atoms with van der Waals surface area (Å²) in [7, 11) is -3.82. The summed E-state index contributed by atoms with van der Waals surface area (Å²) in [6.45, 7) is 4.74. The Morgan fingerprint density at radius 1 is 1.03 bits per heavy atom. The van der Waals surface area contributed by atoms with E-state index in [9.17, 15) is 18.3 Å². The van der Waals surface area contributed by atoms with Gasteiger partial charge in [-0.2, -0.15) is 0 Å². The molecule has 2 heterocycles. The molecule has 200 valence electrons. The van der Waals surface area contributed by atoms with E-state index in [1.54, 1.807) is 32.2 Å². The van der Waals surface area contributed by atoms with Gasteiger partial charge in [0.2, 0.25) is 0 Å². The monoisotopic (exact) mass is 536 g/mol. The number of hydrogen-bond acceptors (Lipinski definition) is 8. The molecule has 0 saturated carbocycles. The molecule has 0 unspecified atom stereocenters. The predicted octanol–water partition coefficient (Wildman–Crippen LogP) is 4.41. The van der Waals surface area contributed by atoms with Crippen LogP contribution < -0.4 is 0 Å². The number of ether oxygens (including phenoxy) is 1. The van der Waals surface area contributed by atoms with E-state index in [-0.39, 0.29) is 13.0 Å². The summed E-state index contributed by atoms with van der Waals surface area (Å²) in [5.41, 5.74) is 3.67. The van der Waals surface area contributed by atoms with Crippen LogP contribution in [0.2, 0.25) is 0 Å². The molecule has 8 nitrogen and oxygen atoms in total. The van der Waals surface area contributed by atoms with Crippen LogP contribution in [0.1, 0.15) is 50.4 Å². The molecule has 0 radical (unpaired) electrons. The van der Waals surface area contributed by atoms with Crippen LogP contribution in [0.15, 0.2) is 78.1 Å². The van der Waals surface area contributed by atoms with Gasteiger partial charge in [0, 0.05) is 25.3 Å². The number of carbonyl (C=O) groups is 1. The Balaban J connectivity index is 1.43. The third-order valence-electron chi connectivity index (χ3n) is 6.75. The topological polar surface area (TPSA) is 115 Å². The number of hydrogen-bond donors (Lipinski definition) is 1. The third-order valence-corrected chi connectivity index (χ3v) is 8.72. The second kappa shape index (κ2) is 10.7. The number of aliphatic hydroxyl groups is 1. The fraction of sp³-hybridized carbons (Fsp3) is 0.345. The number of esters is 1. The lowest BCUT2D eigenvalue weighted by Gasteiger charge is -2.27. The van der Waals surface area contributed by atoms with Gasteiger partial charge in [0.1, 0.15) is 18.3 Å². The van der Waals surface area contributed by atoms with Crippen molar-refractivity contribution in [2.75, 3.05) is 6.26 Å². The van der Waals surface area contributed by atoms with Crippen LogP contribution in [0.3, 0.4) is 0 Å². The Kier molecular flexibility index (Phi) is 7.71.